The number of ether oxygens (including phenoxy) is 1. The van der Waals surface area contributed by atoms with Gasteiger partial charge in [0, 0.05) is 34.7 Å². The van der Waals surface area contributed by atoms with E-state index in [0.29, 0.717) is 12.8 Å². The molecule has 0 amide bonds. The Hall–Kier alpha value is -3.02. The lowest BCUT2D eigenvalue weighted by molar-refractivity contribution is -0.132. The van der Waals surface area contributed by atoms with E-state index in [4.69, 9.17) is 4.74 Å². The topological polar surface area (TPSA) is 93.6 Å². The van der Waals surface area contributed by atoms with Gasteiger partial charge in [0.25, 0.3) is 0 Å². The van der Waals surface area contributed by atoms with Crippen molar-refractivity contribution in [2.24, 2.45) is 0 Å². The van der Waals surface area contributed by atoms with Crippen LogP contribution in [0.4, 0.5) is 0 Å². The number of aliphatic carboxylic acids is 1. The van der Waals surface area contributed by atoms with Gasteiger partial charge in [-0.05, 0) is 57.2 Å². The Balaban J connectivity index is 1.96. The van der Waals surface area contributed by atoms with Crippen LogP contribution < -0.4 is 0 Å². The molecule has 0 aliphatic heterocycles. The van der Waals surface area contributed by atoms with Gasteiger partial charge >= 0.3 is 5.97 Å². The van der Waals surface area contributed by atoms with E-state index in [1.54, 1.807) is 6.20 Å². The number of carbonyl (C=O) groups excluding carboxylic acids is 2. The summed E-state index contributed by atoms with van der Waals surface area (Å²) in [6.07, 6.45) is 9.85. The van der Waals surface area contributed by atoms with Crippen molar-refractivity contribution in [1.82, 2.24) is 4.98 Å². The fraction of sp³-hybridized carbons (Fsp3) is 0.391. The van der Waals surface area contributed by atoms with Crippen molar-refractivity contribution in [3.05, 3.63) is 64.2 Å². The summed E-state index contributed by atoms with van der Waals surface area (Å²) < 4.78 is 5.03. The highest BCUT2D eigenvalue weighted by Crippen LogP contribution is 2.27. The molecule has 6 nitrogen and oxygen atoms in total. The first-order chi connectivity index (χ1) is 13.9. The molecule has 1 N–H and O–H groups in total. The molecule has 154 valence electrons. The third-order valence-corrected chi connectivity index (χ3v) is 5.06. The number of carbonyl (C=O) groups is 3. The van der Waals surface area contributed by atoms with E-state index >= 15 is 0 Å². The van der Waals surface area contributed by atoms with E-state index in [2.05, 4.69) is 4.98 Å². The van der Waals surface area contributed by atoms with Gasteiger partial charge in [-0.1, -0.05) is 18.9 Å². The number of pyridine rings is 1. The SMILES string of the molecule is COC1=C(C)C(=O)C(/C=C(\CCCCCCc2cccnc2)C(=O)O)=C(C)C1=O. The summed E-state index contributed by atoms with van der Waals surface area (Å²) in [7, 11) is 1.34. The maximum absolute atomic E-state index is 12.6. The molecule has 0 saturated carbocycles. The van der Waals surface area contributed by atoms with E-state index in [-0.39, 0.29) is 39.6 Å². The Kier molecular flexibility index (Phi) is 8.07. The van der Waals surface area contributed by atoms with Gasteiger partial charge in [0.15, 0.2) is 11.5 Å². The Morgan fingerprint density at radius 1 is 1.10 bits per heavy atom. The standard InChI is InChI=1S/C23H27NO5/c1-15-19(20(25)16(2)22(29-3)21(15)26)13-18(23(27)28)11-7-5-4-6-9-17-10-8-12-24-14-17/h8,10,12-14H,4-7,9,11H2,1-3H3,(H,27,28)/b18-13+. The molecule has 0 fully saturated rings. The number of allylic oxidation sites excluding steroid dienone is 4. The Labute approximate surface area is 171 Å². The molecular formula is C23H27NO5. The summed E-state index contributed by atoms with van der Waals surface area (Å²) in [6.45, 7) is 3.04. The number of aromatic nitrogens is 1. The van der Waals surface area contributed by atoms with Crippen LogP contribution in [0.1, 0.15) is 51.5 Å². The van der Waals surface area contributed by atoms with Crippen molar-refractivity contribution in [2.45, 2.75) is 52.4 Å². The minimum Gasteiger partial charge on any atom is -0.492 e. The summed E-state index contributed by atoms with van der Waals surface area (Å²) in [5.74, 6) is -1.79. The molecule has 1 aromatic rings. The van der Waals surface area contributed by atoms with Crippen LogP contribution in [0.15, 0.2) is 58.7 Å². The van der Waals surface area contributed by atoms with Crippen LogP contribution in [-0.2, 0) is 25.5 Å². The highest BCUT2D eigenvalue weighted by molar-refractivity contribution is 6.25. The molecule has 1 heterocycles. The van der Waals surface area contributed by atoms with Crippen LogP contribution in [0.3, 0.4) is 0 Å². The number of hydrogen-bond acceptors (Lipinski definition) is 5. The van der Waals surface area contributed by atoms with Gasteiger partial charge < -0.3 is 9.84 Å². The monoisotopic (exact) mass is 397 g/mol. The summed E-state index contributed by atoms with van der Waals surface area (Å²) >= 11 is 0. The zero-order valence-electron chi connectivity index (χ0n) is 17.2. The van der Waals surface area contributed by atoms with E-state index in [9.17, 15) is 19.5 Å². The molecule has 1 aliphatic carbocycles. The average Bonchev–Trinajstić information content (AvgIpc) is 2.71. The molecule has 0 unspecified atom stereocenters. The molecule has 0 radical (unpaired) electrons. The third kappa shape index (κ3) is 5.73. The number of methoxy groups -OCH3 is 1. The van der Waals surface area contributed by atoms with Crippen LogP contribution in [0.2, 0.25) is 0 Å². The van der Waals surface area contributed by atoms with Crippen molar-refractivity contribution in [3.8, 4) is 0 Å². The zero-order chi connectivity index (χ0) is 21.4. The maximum atomic E-state index is 12.6. The van der Waals surface area contributed by atoms with Gasteiger partial charge in [-0.25, -0.2) is 4.79 Å². The number of Topliss-reactive ketones (excluding diaryl/α,β-unsaturated/α-hetero) is 2. The number of aryl methyl sites for hydroxylation is 1. The Morgan fingerprint density at radius 2 is 1.83 bits per heavy atom. The van der Waals surface area contributed by atoms with Crippen LogP contribution in [-0.4, -0.2) is 34.7 Å². The smallest absolute Gasteiger partial charge is 0.331 e. The first-order valence-corrected chi connectivity index (χ1v) is 9.74. The fourth-order valence-electron chi connectivity index (χ4n) is 3.32. The summed E-state index contributed by atoms with van der Waals surface area (Å²) in [5.41, 5.74) is 1.89. The van der Waals surface area contributed by atoms with Crippen molar-refractivity contribution in [2.75, 3.05) is 7.11 Å². The summed E-state index contributed by atoms with van der Waals surface area (Å²) in [4.78, 5) is 40.7. The second-order valence-corrected chi connectivity index (χ2v) is 7.11. The largest absolute Gasteiger partial charge is 0.492 e. The number of carboxylic acids is 1. The predicted octanol–water partition coefficient (Wildman–Crippen LogP) is 3.97. The number of ketones is 2. The molecule has 0 saturated heterocycles. The Bertz CT molecular complexity index is 878. The van der Waals surface area contributed by atoms with Gasteiger partial charge in [-0.15, -0.1) is 0 Å². The number of hydrogen-bond donors (Lipinski definition) is 1. The summed E-state index contributed by atoms with van der Waals surface area (Å²) in [5, 5.41) is 9.53. The second kappa shape index (κ2) is 10.5. The van der Waals surface area contributed by atoms with Crippen molar-refractivity contribution < 1.29 is 24.2 Å². The van der Waals surface area contributed by atoms with Crippen LogP contribution >= 0.6 is 0 Å². The molecule has 0 spiro atoms. The van der Waals surface area contributed by atoms with E-state index in [0.717, 1.165) is 25.7 Å². The van der Waals surface area contributed by atoms with E-state index in [1.165, 1.54) is 32.6 Å². The zero-order valence-corrected chi connectivity index (χ0v) is 17.2. The lowest BCUT2D eigenvalue weighted by atomic mass is 9.88. The normalized spacial score (nSPS) is 15.2. The molecule has 6 heteroatoms. The van der Waals surface area contributed by atoms with Gasteiger partial charge in [0.05, 0.1) is 7.11 Å². The minimum atomic E-state index is -1.07. The quantitative estimate of drug-likeness (QED) is 0.365. The Morgan fingerprint density at radius 3 is 2.45 bits per heavy atom. The molecular weight excluding hydrogens is 370 g/mol. The van der Waals surface area contributed by atoms with Crippen molar-refractivity contribution in [1.29, 1.82) is 0 Å². The van der Waals surface area contributed by atoms with Gasteiger partial charge in [-0.2, -0.15) is 0 Å². The molecule has 2 rings (SSSR count). The van der Waals surface area contributed by atoms with Crippen LogP contribution in [0, 0.1) is 0 Å². The molecule has 0 aromatic carbocycles. The second-order valence-electron chi connectivity index (χ2n) is 7.11. The lowest BCUT2D eigenvalue weighted by Gasteiger charge is -2.18. The lowest BCUT2D eigenvalue weighted by Crippen LogP contribution is -2.22. The maximum Gasteiger partial charge on any atom is 0.331 e. The van der Waals surface area contributed by atoms with E-state index < -0.39 is 5.97 Å². The first kappa shape index (κ1) is 22.3. The predicted molar refractivity (Wildman–Crippen MR) is 109 cm³/mol. The van der Waals surface area contributed by atoms with Crippen LogP contribution in [0.25, 0.3) is 0 Å². The van der Waals surface area contributed by atoms with Gasteiger partial charge in [-0.3, -0.25) is 14.6 Å². The fourth-order valence-corrected chi connectivity index (χ4v) is 3.32. The number of unbranched alkanes of at least 4 members (excludes halogenated alkanes) is 3. The highest BCUT2D eigenvalue weighted by atomic mass is 16.5. The molecule has 1 aromatic heterocycles. The summed E-state index contributed by atoms with van der Waals surface area (Å²) in [6, 6.07) is 3.96. The van der Waals surface area contributed by atoms with Crippen molar-refractivity contribution in [3.63, 3.8) is 0 Å². The number of nitrogens with zero attached hydrogens (tertiary/aromatic N) is 1. The first-order valence-electron chi connectivity index (χ1n) is 9.74. The number of carboxylic acid groups (broad SMARTS) is 1. The average molecular weight is 397 g/mol. The molecule has 0 bridgehead atoms. The van der Waals surface area contributed by atoms with Crippen LogP contribution in [0.5, 0.6) is 0 Å². The van der Waals surface area contributed by atoms with Gasteiger partial charge in [0.2, 0.25) is 5.78 Å². The number of rotatable bonds is 10. The molecule has 29 heavy (non-hydrogen) atoms. The van der Waals surface area contributed by atoms with E-state index in [1.807, 2.05) is 18.3 Å². The minimum absolute atomic E-state index is 0.0233. The third-order valence-electron chi connectivity index (χ3n) is 5.06. The molecule has 0 atom stereocenters. The van der Waals surface area contributed by atoms with Crippen molar-refractivity contribution >= 4 is 17.5 Å². The van der Waals surface area contributed by atoms with Gasteiger partial charge in [0.1, 0.15) is 0 Å². The molecule has 1 aliphatic rings. The highest BCUT2D eigenvalue weighted by Gasteiger charge is 2.30.